The number of aromatic nitrogens is 5. The highest BCUT2D eigenvalue weighted by Crippen LogP contribution is 2.39. The fourth-order valence-electron chi connectivity index (χ4n) is 4.17. The van der Waals surface area contributed by atoms with Gasteiger partial charge in [0.05, 0.1) is 18.3 Å². The van der Waals surface area contributed by atoms with Crippen LogP contribution in [0.15, 0.2) is 41.8 Å². The topological polar surface area (TPSA) is 116 Å². The van der Waals surface area contributed by atoms with Crippen LogP contribution in [0, 0.1) is 33.1 Å². The van der Waals surface area contributed by atoms with Crippen molar-refractivity contribution >= 4 is 46.5 Å². The van der Waals surface area contributed by atoms with Crippen LogP contribution in [0.1, 0.15) is 45.7 Å². The number of aryl methyl sites for hydroxylation is 2. The maximum absolute atomic E-state index is 13.1. The van der Waals surface area contributed by atoms with Crippen molar-refractivity contribution in [3.05, 3.63) is 75.0 Å². The summed E-state index contributed by atoms with van der Waals surface area (Å²) in [6.45, 7) is 5.84. The van der Waals surface area contributed by atoms with Crippen molar-refractivity contribution in [1.82, 2.24) is 24.3 Å². The predicted molar refractivity (Wildman–Crippen MR) is 144 cm³/mol. The fraction of sp³-hybridized carbons (Fsp3) is 0.231. The summed E-state index contributed by atoms with van der Waals surface area (Å²) >= 11 is 7.79. The maximum Gasteiger partial charge on any atom is 0.420 e. The third-order valence-electron chi connectivity index (χ3n) is 6.08. The van der Waals surface area contributed by atoms with E-state index in [0.717, 1.165) is 36.8 Å². The number of aliphatic imine (C=N–C) groups is 1. The second kappa shape index (κ2) is 10.2. The summed E-state index contributed by atoms with van der Waals surface area (Å²) in [7, 11) is 0. The summed E-state index contributed by atoms with van der Waals surface area (Å²) in [5.74, 6) is 3.31. The third kappa shape index (κ3) is 4.71. The van der Waals surface area contributed by atoms with E-state index in [1.807, 2.05) is 35.8 Å². The van der Waals surface area contributed by atoms with Gasteiger partial charge in [0.1, 0.15) is 23.2 Å². The zero-order valence-corrected chi connectivity index (χ0v) is 22.3. The van der Waals surface area contributed by atoms with Gasteiger partial charge < -0.3 is 10.1 Å². The number of fused-ring (bicyclic) bond motifs is 3. The van der Waals surface area contributed by atoms with E-state index in [1.54, 1.807) is 11.3 Å². The molecule has 1 amide bonds. The first kappa shape index (κ1) is 25.4. The highest BCUT2D eigenvalue weighted by atomic mass is 35.5. The molecule has 1 aliphatic rings. The lowest BCUT2D eigenvalue weighted by molar-refractivity contribution is -0.116. The largest absolute Gasteiger partial charge is 0.436 e. The van der Waals surface area contributed by atoms with Gasteiger partial charge in [-0.2, -0.15) is 0 Å². The number of terminal acetylenes is 1. The summed E-state index contributed by atoms with van der Waals surface area (Å²) in [6.07, 6.45) is 6.97. The molecule has 5 rings (SSSR count). The van der Waals surface area contributed by atoms with Crippen LogP contribution in [0.2, 0.25) is 5.02 Å². The molecule has 0 bridgehead atoms. The van der Waals surface area contributed by atoms with Gasteiger partial charge in [0.2, 0.25) is 5.91 Å². The van der Waals surface area contributed by atoms with Crippen molar-refractivity contribution in [1.29, 1.82) is 0 Å². The van der Waals surface area contributed by atoms with Crippen molar-refractivity contribution in [2.24, 2.45) is 4.99 Å². The molecule has 0 spiro atoms. The molecule has 0 radical (unpaired) electrons. The number of carbonyl (C=O) groups is 2. The fourth-order valence-corrected chi connectivity index (χ4v) is 5.51. The zero-order valence-electron chi connectivity index (χ0n) is 20.7. The molecule has 0 saturated carbocycles. The quantitative estimate of drug-likeness (QED) is 0.364. The number of nitrogens with one attached hydrogen (secondary N) is 1. The molecule has 4 aromatic rings. The van der Waals surface area contributed by atoms with Crippen LogP contribution in [0.4, 0.5) is 10.6 Å². The number of benzene rings is 1. The van der Waals surface area contributed by atoms with Gasteiger partial charge in [-0.3, -0.25) is 14.4 Å². The second-order valence-electron chi connectivity index (χ2n) is 8.58. The number of nitrogens with zero attached hydrogens (tertiary/aromatic N) is 6. The van der Waals surface area contributed by atoms with Crippen LogP contribution in [-0.2, 0) is 9.53 Å². The Bertz CT molecular complexity index is 1630. The van der Waals surface area contributed by atoms with Crippen LogP contribution in [-0.4, -0.2) is 48.6 Å². The molecule has 12 heteroatoms. The number of hydrogen-bond donors (Lipinski definition) is 1. The third-order valence-corrected chi connectivity index (χ3v) is 7.52. The number of anilines is 1. The first-order chi connectivity index (χ1) is 18.3. The standard InChI is InChI=1S/C26H22ClN7O3S/c1-5-10-37-26(36)33-12-20(28-13-33)30-21(35)11-19-24-32-31-16(4)34(24)25-22(14(2)15(3)38-25)23(29-19)17-6-8-18(27)9-7-17/h1,6-9,12-13,19H,10-11H2,2-4H3,(H,30,35)/t19-/m0/s1. The minimum atomic E-state index is -0.697. The van der Waals surface area contributed by atoms with Crippen molar-refractivity contribution < 1.29 is 14.3 Å². The number of amides is 1. The summed E-state index contributed by atoms with van der Waals surface area (Å²) in [5, 5.41) is 13.0. The van der Waals surface area contributed by atoms with Crippen molar-refractivity contribution in [3.63, 3.8) is 0 Å². The van der Waals surface area contributed by atoms with Crippen LogP contribution in [0.3, 0.4) is 0 Å². The monoisotopic (exact) mass is 547 g/mol. The van der Waals surface area contributed by atoms with E-state index >= 15 is 0 Å². The molecule has 10 nitrogen and oxygen atoms in total. The van der Waals surface area contributed by atoms with Crippen molar-refractivity contribution in [2.75, 3.05) is 11.9 Å². The SMILES string of the molecule is C#CCOC(=O)n1cnc(NC(=O)C[C@@H]2N=C(c3ccc(Cl)cc3)c3c(sc(C)c3C)-n3c(C)nnc32)c1. The summed E-state index contributed by atoms with van der Waals surface area (Å²) < 4.78 is 7.94. The molecule has 0 fully saturated rings. The molecule has 0 saturated heterocycles. The van der Waals surface area contributed by atoms with Gasteiger partial charge in [0.25, 0.3) is 0 Å². The smallest absolute Gasteiger partial charge is 0.420 e. The molecule has 1 atom stereocenters. The average molecular weight is 548 g/mol. The minimum Gasteiger partial charge on any atom is -0.436 e. The molecule has 3 aromatic heterocycles. The van der Waals surface area contributed by atoms with Gasteiger partial charge in [0.15, 0.2) is 18.2 Å². The number of thiophene rings is 1. The van der Waals surface area contributed by atoms with E-state index < -0.39 is 12.1 Å². The van der Waals surface area contributed by atoms with Crippen LogP contribution >= 0.6 is 22.9 Å². The van der Waals surface area contributed by atoms with Crippen molar-refractivity contribution in [3.8, 4) is 17.3 Å². The second-order valence-corrected chi connectivity index (χ2v) is 10.2. The van der Waals surface area contributed by atoms with Crippen LogP contribution in [0.5, 0.6) is 0 Å². The molecule has 0 unspecified atom stereocenters. The Morgan fingerprint density at radius 1 is 1.21 bits per heavy atom. The maximum atomic E-state index is 13.1. The normalized spacial score (nSPS) is 14.1. The molecule has 4 heterocycles. The van der Waals surface area contributed by atoms with E-state index in [2.05, 4.69) is 40.3 Å². The van der Waals surface area contributed by atoms with Gasteiger partial charge in [0, 0.05) is 21.0 Å². The Balaban J connectivity index is 1.50. The van der Waals surface area contributed by atoms with E-state index in [1.165, 1.54) is 12.5 Å². The lowest BCUT2D eigenvalue weighted by Crippen LogP contribution is -2.17. The van der Waals surface area contributed by atoms with Crippen LogP contribution in [0.25, 0.3) is 5.00 Å². The lowest BCUT2D eigenvalue weighted by Gasteiger charge is -2.12. The number of ether oxygens (including phenoxy) is 1. The van der Waals surface area contributed by atoms with Crippen LogP contribution < -0.4 is 5.32 Å². The Morgan fingerprint density at radius 3 is 2.71 bits per heavy atom. The summed E-state index contributed by atoms with van der Waals surface area (Å²) in [6, 6.07) is 6.83. The first-order valence-electron chi connectivity index (χ1n) is 11.6. The van der Waals surface area contributed by atoms with Gasteiger partial charge in [-0.1, -0.05) is 29.7 Å². The van der Waals surface area contributed by atoms with E-state index in [0.29, 0.717) is 16.7 Å². The number of halogens is 1. The number of hydrogen-bond acceptors (Lipinski definition) is 8. The molecular weight excluding hydrogens is 526 g/mol. The Hall–Kier alpha value is -4.27. The van der Waals surface area contributed by atoms with Gasteiger partial charge in [-0.15, -0.1) is 28.0 Å². The molecule has 0 aliphatic carbocycles. The van der Waals surface area contributed by atoms with Gasteiger partial charge in [-0.25, -0.2) is 14.3 Å². The van der Waals surface area contributed by atoms with E-state index in [9.17, 15) is 9.59 Å². The number of imidazole rings is 1. The van der Waals surface area contributed by atoms with E-state index in [4.69, 9.17) is 27.8 Å². The Morgan fingerprint density at radius 2 is 1.97 bits per heavy atom. The first-order valence-corrected chi connectivity index (χ1v) is 12.8. The molecule has 1 aromatic carbocycles. The molecule has 38 heavy (non-hydrogen) atoms. The average Bonchev–Trinajstić information content (AvgIpc) is 3.56. The summed E-state index contributed by atoms with van der Waals surface area (Å²) in [4.78, 5) is 35.4. The Kier molecular flexibility index (Phi) is 6.84. The number of rotatable bonds is 5. The lowest BCUT2D eigenvalue weighted by atomic mass is 9.99. The minimum absolute atomic E-state index is 0.0312. The Labute approximate surface area is 227 Å². The zero-order chi connectivity index (χ0) is 27.0. The summed E-state index contributed by atoms with van der Waals surface area (Å²) in [5.41, 5.74) is 3.71. The highest BCUT2D eigenvalue weighted by molar-refractivity contribution is 7.15. The predicted octanol–water partition coefficient (Wildman–Crippen LogP) is 4.64. The molecule has 1 aliphatic heterocycles. The van der Waals surface area contributed by atoms with Crippen molar-refractivity contribution in [2.45, 2.75) is 33.2 Å². The molecule has 1 N–H and O–H groups in total. The number of carbonyl (C=O) groups excluding carboxylic acids is 2. The molecular formula is C26H22ClN7O3S. The highest BCUT2D eigenvalue weighted by Gasteiger charge is 2.32. The van der Waals surface area contributed by atoms with Gasteiger partial charge in [-0.05, 0) is 38.5 Å². The van der Waals surface area contributed by atoms with E-state index in [-0.39, 0.29) is 24.8 Å². The molecule has 192 valence electrons. The van der Waals surface area contributed by atoms with Gasteiger partial charge >= 0.3 is 6.09 Å².